The number of nitrogens with one attached hydrogen (secondary N) is 1. The van der Waals surface area contributed by atoms with Crippen LogP contribution in [0.4, 0.5) is 15.8 Å². The molecular weight excluding hydrogens is 327 g/mol. The minimum atomic E-state index is -0.990. The van der Waals surface area contributed by atoms with Crippen LogP contribution in [-0.2, 0) is 14.4 Å². The number of imide groups is 1. The quantitative estimate of drug-likeness (QED) is 0.841. The van der Waals surface area contributed by atoms with Gasteiger partial charge in [-0.1, -0.05) is 24.3 Å². The fraction of sp³-hybridized carbons (Fsp3) is 0.0556. The first-order valence-electron chi connectivity index (χ1n) is 7.34. The van der Waals surface area contributed by atoms with Gasteiger partial charge in [0, 0.05) is 12.6 Å². The standard InChI is InChI=1S/C18H13FN2O4/c1-10(22)20-12-8-6-11(7-9-12)15-16(23)18(25)21(17(15)24)14-5-3-2-4-13(14)19/h2-9,23H,1H3,(H,20,22). The van der Waals surface area contributed by atoms with Crippen molar-refractivity contribution in [2.24, 2.45) is 0 Å². The molecule has 0 radical (unpaired) electrons. The van der Waals surface area contributed by atoms with Gasteiger partial charge in [-0.2, -0.15) is 0 Å². The third-order valence-electron chi connectivity index (χ3n) is 3.65. The molecule has 3 rings (SSSR count). The maximum Gasteiger partial charge on any atom is 0.301 e. The third kappa shape index (κ3) is 2.87. The number of para-hydroxylation sites is 1. The van der Waals surface area contributed by atoms with E-state index in [1.165, 1.54) is 49.4 Å². The zero-order valence-corrected chi connectivity index (χ0v) is 13.1. The van der Waals surface area contributed by atoms with Gasteiger partial charge in [0.15, 0.2) is 5.76 Å². The lowest BCUT2D eigenvalue weighted by molar-refractivity contribution is -0.121. The van der Waals surface area contributed by atoms with Crippen molar-refractivity contribution in [3.8, 4) is 0 Å². The molecule has 0 aromatic heterocycles. The fourth-order valence-electron chi connectivity index (χ4n) is 2.55. The van der Waals surface area contributed by atoms with Crippen LogP contribution in [-0.4, -0.2) is 22.8 Å². The van der Waals surface area contributed by atoms with Crippen molar-refractivity contribution in [3.63, 3.8) is 0 Å². The maximum absolute atomic E-state index is 13.9. The highest BCUT2D eigenvalue weighted by Crippen LogP contribution is 2.33. The lowest BCUT2D eigenvalue weighted by Crippen LogP contribution is -2.32. The van der Waals surface area contributed by atoms with Crippen molar-refractivity contribution in [1.29, 1.82) is 0 Å². The van der Waals surface area contributed by atoms with E-state index in [4.69, 9.17) is 0 Å². The normalized spacial score (nSPS) is 14.2. The molecule has 1 heterocycles. The number of amides is 3. The van der Waals surface area contributed by atoms with Crippen molar-refractivity contribution in [2.45, 2.75) is 6.92 Å². The summed E-state index contributed by atoms with van der Waals surface area (Å²) in [7, 11) is 0. The largest absolute Gasteiger partial charge is 0.502 e. The summed E-state index contributed by atoms with van der Waals surface area (Å²) >= 11 is 0. The first-order valence-corrected chi connectivity index (χ1v) is 7.34. The van der Waals surface area contributed by atoms with Crippen LogP contribution in [0.3, 0.4) is 0 Å². The number of benzene rings is 2. The Balaban J connectivity index is 1.97. The number of nitrogens with zero attached hydrogens (tertiary/aromatic N) is 1. The Labute approximate surface area is 142 Å². The monoisotopic (exact) mass is 340 g/mol. The minimum Gasteiger partial charge on any atom is -0.502 e. The van der Waals surface area contributed by atoms with Crippen LogP contribution in [0.1, 0.15) is 12.5 Å². The second kappa shape index (κ2) is 6.20. The number of hydrogen-bond acceptors (Lipinski definition) is 4. The lowest BCUT2D eigenvalue weighted by atomic mass is 10.1. The highest BCUT2D eigenvalue weighted by atomic mass is 19.1. The summed E-state index contributed by atoms with van der Waals surface area (Å²) in [6, 6.07) is 11.3. The second-order valence-corrected chi connectivity index (χ2v) is 5.38. The Kier molecular flexibility index (Phi) is 4.06. The molecular formula is C18H13FN2O4. The van der Waals surface area contributed by atoms with Gasteiger partial charge in [-0.25, -0.2) is 9.29 Å². The number of rotatable bonds is 3. The van der Waals surface area contributed by atoms with Crippen LogP contribution >= 0.6 is 0 Å². The smallest absolute Gasteiger partial charge is 0.301 e. The molecule has 0 saturated carbocycles. The van der Waals surface area contributed by atoms with Crippen LogP contribution in [0.15, 0.2) is 54.3 Å². The van der Waals surface area contributed by atoms with Crippen LogP contribution in [0, 0.1) is 5.82 Å². The van der Waals surface area contributed by atoms with Crippen molar-refractivity contribution >= 4 is 34.7 Å². The van der Waals surface area contributed by atoms with E-state index in [0.29, 0.717) is 10.6 Å². The molecule has 25 heavy (non-hydrogen) atoms. The molecule has 0 saturated heterocycles. The SMILES string of the molecule is CC(=O)Nc1ccc(C2=C(O)C(=O)N(c3ccccc3F)C2=O)cc1. The van der Waals surface area contributed by atoms with Crippen molar-refractivity contribution in [1.82, 2.24) is 0 Å². The molecule has 0 spiro atoms. The summed E-state index contributed by atoms with van der Waals surface area (Å²) in [5.41, 5.74) is 0.333. The Morgan fingerprint density at radius 3 is 2.28 bits per heavy atom. The summed E-state index contributed by atoms with van der Waals surface area (Å²) in [5, 5.41) is 12.7. The highest BCUT2D eigenvalue weighted by Gasteiger charge is 2.41. The Bertz CT molecular complexity index is 919. The number of anilines is 2. The van der Waals surface area contributed by atoms with Gasteiger partial charge in [-0.05, 0) is 29.8 Å². The predicted molar refractivity (Wildman–Crippen MR) is 89.2 cm³/mol. The topological polar surface area (TPSA) is 86.7 Å². The van der Waals surface area contributed by atoms with E-state index in [-0.39, 0.29) is 22.7 Å². The molecule has 2 N–H and O–H groups in total. The molecule has 126 valence electrons. The van der Waals surface area contributed by atoms with Gasteiger partial charge in [-0.3, -0.25) is 14.4 Å². The van der Waals surface area contributed by atoms with E-state index in [9.17, 15) is 23.9 Å². The molecule has 6 nitrogen and oxygen atoms in total. The summed E-state index contributed by atoms with van der Waals surface area (Å²) < 4.78 is 13.9. The molecule has 0 unspecified atom stereocenters. The van der Waals surface area contributed by atoms with E-state index in [1.807, 2.05) is 0 Å². The molecule has 0 atom stereocenters. The number of carbonyl (C=O) groups excluding carboxylic acids is 3. The van der Waals surface area contributed by atoms with E-state index in [0.717, 1.165) is 6.07 Å². The highest BCUT2D eigenvalue weighted by molar-refractivity contribution is 6.44. The number of aliphatic hydroxyl groups excluding tert-OH is 1. The Morgan fingerprint density at radius 2 is 1.68 bits per heavy atom. The van der Waals surface area contributed by atoms with Gasteiger partial charge < -0.3 is 10.4 Å². The van der Waals surface area contributed by atoms with Crippen LogP contribution in [0.5, 0.6) is 0 Å². The number of carbonyl (C=O) groups is 3. The van der Waals surface area contributed by atoms with Crippen molar-refractivity contribution < 1.29 is 23.9 Å². The lowest BCUT2D eigenvalue weighted by Gasteiger charge is -2.15. The summed E-state index contributed by atoms with van der Waals surface area (Å²) in [5.74, 6) is -3.57. The molecule has 1 aliphatic heterocycles. The number of halogens is 1. The summed E-state index contributed by atoms with van der Waals surface area (Å²) in [6.07, 6.45) is 0. The van der Waals surface area contributed by atoms with E-state index in [2.05, 4.69) is 5.32 Å². The van der Waals surface area contributed by atoms with Crippen molar-refractivity contribution in [3.05, 3.63) is 65.7 Å². The summed E-state index contributed by atoms with van der Waals surface area (Å²) in [6.45, 7) is 1.35. The van der Waals surface area contributed by atoms with Crippen LogP contribution < -0.4 is 10.2 Å². The van der Waals surface area contributed by atoms with Crippen LogP contribution in [0.2, 0.25) is 0 Å². The van der Waals surface area contributed by atoms with Gasteiger partial charge in [0.1, 0.15) is 5.82 Å². The number of aliphatic hydroxyl groups is 1. The fourth-order valence-corrected chi connectivity index (χ4v) is 2.55. The van der Waals surface area contributed by atoms with Gasteiger partial charge in [0.05, 0.1) is 11.3 Å². The first-order chi connectivity index (χ1) is 11.9. The maximum atomic E-state index is 13.9. The molecule has 2 aromatic rings. The number of hydrogen-bond donors (Lipinski definition) is 2. The minimum absolute atomic E-state index is 0.220. The average molecular weight is 340 g/mol. The van der Waals surface area contributed by atoms with Gasteiger partial charge in [0.25, 0.3) is 5.91 Å². The van der Waals surface area contributed by atoms with E-state index < -0.39 is 23.4 Å². The average Bonchev–Trinajstić information content (AvgIpc) is 2.79. The molecule has 1 aliphatic rings. The third-order valence-corrected chi connectivity index (χ3v) is 3.65. The van der Waals surface area contributed by atoms with Crippen molar-refractivity contribution in [2.75, 3.05) is 10.2 Å². The zero-order valence-electron chi connectivity index (χ0n) is 13.1. The zero-order chi connectivity index (χ0) is 18.1. The Hall–Kier alpha value is -3.48. The predicted octanol–water partition coefficient (Wildman–Crippen LogP) is 2.63. The summed E-state index contributed by atoms with van der Waals surface area (Å²) in [4.78, 5) is 36.5. The van der Waals surface area contributed by atoms with E-state index in [1.54, 1.807) is 0 Å². The molecule has 0 bridgehead atoms. The van der Waals surface area contributed by atoms with Gasteiger partial charge >= 0.3 is 5.91 Å². The molecule has 3 amide bonds. The molecule has 0 fully saturated rings. The Morgan fingerprint density at radius 1 is 1.04 bits per heavy atom. The molecule has 2 aromatic carbocycles. The first kappa shape index (κ1) is 16.4. The molecule has 0 aliphatic carbocycles. The molecule has 7 heteroatoms. The van der Waals surface area contributed by atoms with Gasteiger partial charge in [0.2, 0.25) is 5.91 Å². The van der Waals surface area contributed by atoms with Gasteiger partial charge in [-0.15, -0.1) is 0 Å². The van der Waals surface area contributed by atoms with E-state index >= 15 is 0 Å². The second-order valence-electron chi connectivity index (χ2n) is 5.38. The van der Waals surface area contributed by atoms with Crippen LogP contribution in [0.25, 0.3) is 5.57 Å².